The Bertz CT molecular complexity index is 578. The molecule has 2 aromatic heterocycles. The Morgan fingerprint density at radius 1 is 1.26 bits per heavy atom. The van der Waals surface area contributed by atoms with Crippen molar-refractivity contribution in [3.8, 4) is 0 Å². The second-order valence-electron chi connectivity index (χ2n) is 5.61. The Morgan fingerprint density at radius 3 is 3.26 bits per heavy atom. The minimum atomic E-state index is 0.717. The van der Waals surface area contributed by atoms with Gasteiger partial charge in [0.05, 0.1) is 6.20 Å². The maximum Gasteiger partial charge on any atom is 0.154 e. The van der Waals surface area contributed by atoms with E-state index in [4.69, 9.17) is 0 Å². The summed E-state index contributed by atoms with van der Waals surface area (Å²) in [6, 6.07) is 2.77. The first kappa shape index (κ1) is 11.2. The summed E-state index contributed by atoms with van der Waals surface area (Å²) in [5, 5.41) is 7.95. The van der Waals surface area contributed by atoms with Crippen molar-refractivity contribution in [3.63, 3.8) is 0 Å². The van der Waals surface area contributed by atoms with Crippen LogP contribution in [-0.4, -0.2) is 40.3 Å². The summed E-state index contributed by atoms with van der Waals surface area (Å²) in [4.78, 5) is 7.02. The summed E-state index contributed by atoms with van der Waals surface area (Å²) in [5.74, 6) is 1.86. The second-order valence-corrected chi connectivity index (χ2v) is 5.61. The molecule has 4 heterocycles. The van der Waals surface area contributed by atoms with Crippen LogP contribution in [0.3, 0.4) is 0 Å². The Labute approximate surface area is 112 Å². The van der Waals surface area contributed by atoms with Crippen molar-refractivity contribution >= 4 is 11.3 Å². The van der Waals surface area contributed by atoms with Gasteiger partial charge in [-0.3, -0.25) is 0 Å². The van der Waals surface area contributed by atoms with Crippen molar-refractivity contribution < 1.29 is 0 Å². The fourth-order valence-electron chi connectivity index (χ4n) is 3.52. The lowest BCUT2D eigenvalue weighted by molar-refractivity contribution is 0.244. The van der Waals surface area contributed by atoms with Gasteiger partial charge >= 0.3 is 0 Å². The van der Waals surface area contributed by atoms with Crippen molar-refractivity contribution in [1.82, 2.24) is 19.9 Å². The van der Waals surface area contributed by atoms with E-state index in [0.29, 0.717) is 0 Å². The van der Waals surface area contributed by atoms with Gasteiger partial charge < -0.3 is 10.2 Å². The van der Waals surface area contributed by atoms with Crippen LogP contribution in [0.5, 0.6) is 0 Å². The fourth-order valence-corrected chi connectivity index (χ4v) is 3.52. The number of hydrogen-bond acceptors (Lipinski definition) is 4. The molecule has 4 rings (SSSR count). The summed E-state index contributed by atoms with van der Waals surface area (Å²) < 4.78 is 1.91. The van der Waals surface area contributed by atoms with Gasteiger partial charge in [0.25, 0.3) is 0 Å². The van der Waals surface area contributed by atoms with E-state index in [1.807, 2.05) is 29.2 Å². The lowest BCUT2D eigenvalue weighted by atomic mass is 9.85. The van der Waals surface area contributed by atoms with E-state index in [1.54, 1.807) is 0 Å². The third-order valence-corrected chi connectivity index (χ3v) is 4.50. The van der Waals surface area contributed by atoms with Gasteiger partial charge in [0.2, 0.25) is 0 Å². The minimum absolute atomic E-state index is 0.717. The smallest absolute Gasteiger partial charge is 0.154 e. The van der Waals surface area contributed by atoms with Crippen LogP contribution >= 0.6 is 0 Å². The summed E-state index contributed by atoms with van der Waals surface area (Å²) >= 11 is 0. The molecule has 2 aromatic rings. The van der Waals surface area contributed by atoms with Gasteiger partial charge in [0, 0.05) is 31.5 Å². The lowest BCUT2D eigenvalue weighted by Crippen LogP contribution is -2.52. The average Bonchev–Trinajstić information content (AvgIpc) is 2.95. The molecule has 0 amide bonds. The van der Waals surface area contributed by atoms with Crippen molar-refractivity contribution in [3.05, 3.63) is 24.7 Å². The number of fused-ring (bicyclic) bond motifs is 2. The molecule has 100 valence electrons. The lowest BCUT2D eigenvalue weighted by Gasteiger charge is -2.42. The third kappa shape index (κ3) is 1.89. The third-order valence-electron chi connectivity index (χ3n) is 4.50. The monoisotopic (exact) mass is 257 g/mol. The van der Waals surface area contributed by atoms with Crippen LogP contribution in [0.15, 0.2) is 24.7 Å². The molecule has 5 nitrogen and oxygen atoms in total. The molecular formula is C14H19N5. The maximum absolute atomic E-state index is 4.59. The first-order valence-corrected chi connectivity index (χ1v) is 7.18. The second kappa shape index (κ2) is 4.49. The number of aromatic nitrogens is 3. The van der Waals surface area contributed by atoms with Crippen LogP contribution < -0.4 is 10.2 Å². The zero-order chi connectivity index (χ0) is 12.7. The van der Waals surface area contributed by atoms with Gasteiger partial charge in [-0.05, 0) is 37.8 Å². The highest BCUT2D eigenvalue weighted by Crippen LogP contribution is 2.29. The molecule has 2 aliphatic rings. The Kier molecular flexibility index (Phi) is 2.65. The molecule has 2 unspecified atom stereocenters. The molecule has 5 heteroatoms. The van der Waals surface area contributed by atoms with E-state index >= 15 is 0 Å². The predicted molar refractivity (Wildman–Crippen MR) is 74.3 cm³/mol. The zero-order valence-electron chi connectivity index (χ0n) is 11.0. The van der Waals surface area contributed by atoms with Gasteiger partial charge in [-0.2, -0.15) is 5.10 Å². The number of anilines is 1. The molecular weight excluding hydrogens is 238 g/mol. The standard InChI is InChI=1S/C14H19N5/c1-2-11-10-18(8-4-12(11)15-5-1)14-13-3-6-17-19(13)9-7-16-14/h3,6-7,9,11-12,15H,1-2,4-5,8,10H2. The van der Waals surface area contributed by atoms with E-state index in [2.05, 4.69) is 20.3 Å². The highest BCUT2D eigenvalue weighted by Gasteiger charge is 2.31. The van der Waals surface area contributed by atoms with Crippen LogP contribution in [0.4, 0.5) is 5.82 Å². The Morgan fingerprint density at radius 2 is 2.26 bits per heavy atom. The highest BCUT2D eigenvalue weighted by molar-refractivity contribution is 5.68. The Hall–Kier alpha value is -1.62. The minimum Gasteiger partial charge on any atom is -0.354 e. The Balaban J connectivity index is 1.64. The SMILES string of the molecule is c1cn2nccc2c(N2CCC3NCCCC3C2)n1. The maximum atomic E-state index is 4.59. The first-order chi connectivity index (χ1) is 9.42. The number of rotatable bonds is 1. The van der Waals surface area contributed by atoms with E-state index in [1.165, 1.54) is 25.8 Å². The molecule has 0 radical (unpaired) electrons. The van der Waals surface area contributed by atoms with Crippen LogP contribution in [0.2, 0.25) is 0 Å². The van der Waals surface area contributed by atoms with Crippen molar-refractivity contribution in [1.29, 1.82) is 0 Å². The molecule has 2 aliphatic heterocycles. The molecule has 0 spiro atoms. The van der Waals surface area contributed by atoms with Gasteiger partial charge in [-0.25, -0.2) is 9.50 Å². The molecule has 2 atom stereocenters. The molecule has 0 aromatic carbocycles. The molecule has 2 saturated heterocycles. The van der Waals surface area contributed by atoms with Crippen LogP contribution in [0.1, 0.15) is 19.3 Å². The molecule has 2 fully saturated rings. The summed E-state index contributed by atoms with van der Waals surface area (Å²) in [6.07, 6.45) is 9.47. The van der Waals surface area contributed by atoms with Crippen molar-refractivity contribution in [2.45, 2.75) is 25.3 Å². The first-order valence-electron chi connectivity index (χ1n) is 7.18. The van der Waals surface area contributed by atoms with Crippen molar-refractivity contribution in [2.24, 2.45) is 5.92 Å². The van der Waals surface area contributed by atoms with E-state index < -0.39 is 0 Å². The molecule has 0 aliphatic carbocycles. The van der Waals surface area contributed by atoms with Crippen molar-refractivity contribution in [2.75, 3.05) is 24.5 Å². The van der Waals surface area contributed by atoms with Gasteiger partial charge in [-0.15, -0.1) is 0 Å². The summed E-state index contributed by atoms with van der Waals surface area (Å²) in [6.45, 7) is 3.40. The predicted octanol–water partition coefficient (Wildman–Crippen LogP) is 1.31. The van der Waals surface area contributed by atoms with Crippen LogP contribution in [-0.2, 0) is 0 Å². The van der Waals surface area contributed by atoms with Gasteiger partial charge in [0.1, 0.15) is 5.52 Å². The topological polar surface area (TPSA) is 45.5 Å². The molecule has 1 N–H and O–H groups in total. The summed E-state index contributed by atoms with van der Waals surface area (Å²) in [5.41, 5.74) is 1.12. The number of nitrogens with zero attached hydrogens (tertiary/aromatic N) is 4. The number of hydrogen-bond donors (Lipinski definition) is 1. The largest absolute Gasteiger partial charge is 0.354 e. The molecule has 19 heavy (non-hydrogen) atoms. The van der Waals surface area contributed by atoms with E-state index in [-0.39, 0.29) is 0 Å². The van der Waals surface area contributed by atoms with E-state index in [0.717, 1.165) is 36.4 Å². The molecule has 0 bridgehead atoms. The highest BCUT2D eigenvalue weighted by atomic mass is 15.3. The molecule has 0 saturated carbocycles. The van der Waals surface area contributed by atoms with Crippen LogP contribution in [0.25, 0.3) is 5.52 Å². The zero-order valence-corrected chi connectivity index (χ0v) is 11.0. The summed E-state index contributed by atoms with van der Waals surface area (Å²) in [7, 11) is 0. The van der Waals surface area contributed by atoms with Gasteiger partial charge in [-0.1, -0.05) is 0 Å². The van der Waals surface area contributed by atoms with Crippen LogP contribution in [0, 0.1) is 5.92 Å². The quantitative estimate of drug-likeness (QED) is 0.836. The number of piperidine rings is 2. The fraction of sp³-hybridized carbons (Fsp3) is 0.571. The average molecular weight is 257 g/mol. The number of nitrogens with one attached hydrogen (secondary N) is 1. The normalized spacial score (nSPS) is 27.5. The van der Waals surface area contributed by atoms with E-state index in [9.17, 15) is 0 Å². The van der Waals surface area contributed by atoms with Gasteiger partial charge in [0.15, 0.2) is 5.82 Å².